The number of hydrogen-bond acceptors (Lipinski definition) is 6. The lowest BCUT2D eigenvalue weighted by atomic mass is 10.0. The summed E-state index contributed by atoms with van der Waals surface area (Å²) >= 11 is 0. The van der Waals surface area contributed by atoms with Crippen LogP contribution in [0.1, 0.15) is 40.5 Å². The molecule has 0 radical (unpaired) electrons. The minimum atomic E-state index is 0.0131. The van der Waals surface area contributed by atoms with Crippen LogP contribution < -0.4 is 5.73 Å². The molecule has 128 valence electrons. The molecule has 0 bridgehead atoms. The Labute approximate surface area is 140 Å². The van der Waals surface area contributed by atoms with E-state index in [9.17, 15) is 4.79 Å². The molecule has 0 spiro atoms. The van der Waals surface area contributed by atoms with Gasteiger partial charge in [-0.25, -0.2) is 4.98 Å². The summed E-state index contributed by atoms with van der Waals surface area (Å²) in [5.41, 5.74) is 8.70. The summed E-state index contributed by atoms with van der Waals surface area (Å²) in [6, 6.07) is 1.97. The van der Waals surface area contributed by atoms with Crippen molar-refractivity contribution in [3.63, 3.8) is 0 Å². The van der Waals surface area contributed by atoms with E-state index in [-0.39, 0.29) is 11.9 Å². The predicted molar refractivity (Wildman–Crippen MR) is 89.9 cm³/mol. The lowest BCUT2D eigenvalue weighted by molar-refractivity contribution is 0.0517. The van der Waals surface area contributed by atoms with Crippen molar-refractivity contribution in [1.82, 2.24) is 19.9 Å². The maximum atomic E-state index is 13.3. The topological polar surface area (TPSA) is 88.5 Å². The zero-order valence-electron chi connectivity index (χ0n) is 14.2. The molecule has 2 N–H and O–H groups in total. The van der Waals surface area contributed by atoms with Crippen LogP contribution in [0.5, 0.6) is 0 Å². The summed E-state index contributed by atoms with van der Waals surface area (Å²) in [4.78, 5) is 22.0. The zero-order chi connectivity index (χ0) is 16.8. The lowest BCUT2D eigenvalue weighted by Crippen LogP contribution is -2.56. The molecule has 7 nitrogen and oxygen atoms in total. The summed E-state index contributed by atoms with van der Waals surface area (Å²) in [6.07, 6.45) is 2.25. The normalized spacial score (nSPS) is 22.3. The van der Waals surface area contributed by atoms with E-state index in [1.165, 1.54) is 0 Å². The Morgan fingerprint density at radius 2 is 2.21 bits per heavy atom. The highest BCUT2D eigenvalue weighted by Gasteiger charge is 2.33. The molecule has 24 heavy (non-hydrogen) atoms. The number of fused-ring (bicyclic) bond motifs is 1. The second-order valence-electron chi connectivity index (χ2n) is 6.97. The fourth-order valence-corrected chi connectivity index (χ4v) is 3.51. The molecule has 2 aliphatic rings. The minimum absolute atomic E-state index is 0.0131. The number of nitrogens with zero attached hydrogens (tertiary/aromatic N) is 4. The van der Waals surface area contributed by atoms with Crippen LogP contribution >= 0.6 is 0 Å². The van der Waals surface area contributed by atoms with E-state index in [1.807, 2.05) is 17.9 Å². The van der Waals surface area contributed by atoms with Gasteiger partial charge < -0.3 is 20.1 Å². The van der Waals surface area contributed by atoms with Crippen molar-refractivity contribution in [2.24, 2.45) is 5.73 Å². The second-order valence-corrected chi connectivity index (χ2v) is 6.97. The van der Waals surface area contributed by atoms with Gasteiger partial charge in [0.05, 0.1) is 22.7 Å². The molecule has 1 atom stereocenters. The number of likely N-dealkylation sites (N-methyl/N-ethyl adjacent to an activating group) is 1. The molecule has 3 heterocycles. The largest absolute Gasteiger partial charge is 0.336 e. The summed E-state index contributed by atoms with van der Waals surface area (Å²) in [6.45, 7) is 4.65. The van der Waals surface area contributed by atoms with Crippen LogP contribution in [0, 0.1) is 6.92 Å². The van der Waals surface area contributed by atoms with E-state index in [4.69, 9.17) is 10.3 Å². The van der Waals surface area contributed by atoms with Crippen molar-refractivity contribution >= 4 is 17.0 Å². The van der Waals surface area contributed by atoms with Gasteiger partial charge in [0.1, 0.15) is 0 Å². The summed E-state index contributed by atoms with van der Waals surface area (Å²) in [5.74, 6) is 0.461. The molecular weight excluding hydrogens is 306 g/mol. The molecule has 1 aliphatic carbocycles. The number of hydrogen-bond donors (Lipinski definition) is 1. The number of pyridine rings is 1. The van der Waals surface area contributed by atoms with Gasteiger partial charge in [0.25, 0.3) is 11.6 Å². The average Bonchev–Trinajstić information content (AvgIpc) is 3.37. The highest BCUT2D eigenvalue weighted by atomic mass is 16.5. The van der Waals surface area contributed by atoms with E-state index >= 15 is 0 Å². The summed E-state index contributed by atoms with van der Waals surface area (Å²) < 4.78 is 5.35. The summed E-state index contributed by atoms with van der Waals surface area (Å²) in [7, 11) is 2.06. The Balaban J connectivity index is 1.76. The first-order valence-corrected chi connectivity index (χ1v) is 8.55. The molecule has 1 aliphatic heterocycles. The Morgan fingerprint density at radius 1 is 1.42 bits per heavy atom. The third-order valence-electron chi connectivity index (χ3n) is 5.08. The molecule has 1 unspecified atom stereocenters. The smallest absolute Gasteiger partial charge is 0.259 e. The van der Waals surface area contributed by atoms with E-state index in [0.717, 1.165) is 37.0 Å². The minimum Gasteiger partial charge on any atom is -0.336 e. The summed E-state index contributed by atoms with van der Waals surface area (Å²) in [5, 5.41) is 4.75. The second kappa shape index (κ2) is 5.82. The Kier molecular flexibility index (Phi) is 3.77. The number of piperazine rings is 1. The van der Waals surface area contributed by atoms with Gasteiger partial charge in [-0.15, -0.1) is 0 Å². The molecular formula is C17H23N5O2. The van der Waals surface area contributed by atoms with Gasteiger partial charge >= 0.3 is 0 Å². The van der Waals surface area contributed by atoms with Crippen molar-refractivity contribution in [2.45, 2.75) is 31.7 Å². The number of aryl methyl sites for hydroxylation is 1. The average molecular weight is 329 g/mol. The Bertz CT molecular complexity index is 783. The monoisotopic (exact) mass is 329 g/mol. The third-order valence-corrected chi connectivity index (χ3v) is 5.08. The van der Waals surface area contributed by atoms with Gasteiger partial charge in [0, 0.05) is 37.8 Å². The van der Waals surface area contributed by atoms with Crippen LogP contribution in [-0.4, -0.2) is 65.1 Å². The van der Waals surface area contributed by atoms with Gasteiger partial charge in [0.15, 0.2) is 0 Å². The molecule has 0 aromatic carbocycles. The standard InChI is InChI=1S/C17H23N5O2/c1-10-15-13(7-14(11-3-4-11)19-16(15)24-20-10)17(23)22-6-5-21(2)9-12(22)8-18/h7,11-12H,3-6,8-9,18H2,1-2H3. The molecule has 7 heteroatoms. The maximum absolute atomic E-state index is 13.3. The van der Waals surface area contributed by atoms with Gasteiger partial charge in [0.2, 0.25) is 0 Å². The van der Waals surface area contributed by atoms with Gasteiger partial charge in [-0.05, 0) is 32.9 Å². The van der Waals surface area contributed by atoms with E-state index < -0.39 is 0 Å². The first-order valence-electron chi connectivity index (χ1n) is 8.55. The van der Waals surface area contributed by atoms with Crippen molar-refractivity contribution in [1.29, 1.82) is 0 Å². The molecule has 2 aromatic rings. The molecule has 1 saturated heterocycles. The first-order chi connectivity index (χ1) is 11.6. The zero-order valence-corrected chi connectivity index (χ0v) is 14.2. The van der Waals surface area contributed by atoms with Crippen molar-refractivity contribution in [3.8, 4) is 0 Å². The van der Waals surface area contributed by atoms with Gasteiger partial charge in [-0.2, -0.15) is 0 Å². The number of carbonyl (C=O) groups is 1. The molecule has 1 saturated carbocycles. The van der Waals surface area contributed by atoms with E-state index in [0.29, 0.717) is 36.0 Å². The van der Waals surface area contributed by atoms with Crippen molar-refractivity contribution < 1.29 is 9.32 Å². The van der Waals surface area contributed by atoms with Crippen LogP contribution in [0.25, 0.3) is 11.1 Å². The highest BCUT2D eigenvalue weighted by Crippen LogP contribution is 2.40. The Hall–Kier alpha value is -1.99. The van der Waals surface area contributed by atoms with Crippen LogP contribution in [0.3, 0.4) is 0 Å². The highest BCUT2D eigenvalue weighted by molar-refractivity contribution is 6.06. The van der Waals surface area contributed by atoms with Crippen LogP contribution in [0.4, 0.5) is 0 Å². The number of rotatable bonds is 3. The molecule has 4 rings (SSSR count). The van der Waals surface area contributed by atoms with Crippen LogP contribution in [-0.2, 0) is 0 Å². The van der Waals surface area contributed by atoms with Crippen molar-refractivity contribution in [3.05, 3.63) is 23.0 Å². The third kappa shape index (κ3) is 2.57. The fourth-order valence-electron chi connectivity index (χ4n) is 3.51. The van der Waals surface area contributed by atoms with E-state index in [1.54, 1.807) is 0 Å². The Morgan fingerprint density at radius 3 is 2.92 bits per heavy atom. The van der Waals surface area contributed by atoms with Gasteiger partial charge in [-0.3, -0.25) is 4.79 Å². The molecule has 1 amide bonds. The number of aromatic nitrogens is 2. The quantitative estimate of drug-likeness (QED) is 0.908. The predicted octanol–water partition coefficient (Wildman–Crippen LogP) is 1.12. The van der Waals surface area contributed by atoms with Crippen LogP contribution in [0.2, 0.25) is 0 Å². The number of nitrogens with two attached hydrogens (primary N) is 1. The number of carbonyl (C=O) groups excluding carboxylic acids is 1. The molecule has 2 aromatic heterocycles. The van der Waals surface area contributed by atoms with Crippen molar-refractivity contribution in [2.75, 3.05) is 33.2 Å². The number of amides is 1. The fraction of sp³-hybridized carbons (Fsp3) is 0.588. The van der Waals surface area contributed by atoms with Crippen LogP contribution in [0.15, 0.2) is 10.6 Å². The van der Waals surface area contributed by atoms with E-state index in [2.05, 4.69) is 22.1 Å². The first kappa shape index (κ1) is 15.5. The SMILES string of the molecule is Cc1noc2nc(C3CC3)cc(C(=O)N3CCN(C)CC3CN)c12. The lowest BCUT2D eigenvalue weighted by Gasteiger charge is -2.39. The molecule has 2 fully saturated rings. The maximum Gasteiger partial charge on any atom is 0.259 e. The van der Waals surface area contributed by atoms with Gasteiger partial charge in [-0.1, -0.05) is 5.16 Å².